The largest absolute Gasteiger partial charge is 0.489 e. The predicted molar refractivity (Wildman–Crippen MR) is 80.6 cm³/mol. The zero-order chi connectivity index (χ0) is 15.2. The van der Waals surface area contributed by atoms with Crippen LogP contribution in [0.15, 0.2) is 18.3 Å². The normalized spacial score (nSPS) is 20.2. The fourth-order valence-electron chi connectivity index (χ4n) is 2.47. The molecule has 3 nitrogen and oxygen atoms in total. The third-order valence-electron chi connectivity index (χ3n) is 4.00. The third kappa shape index (κ3) is 2.36. The highest BCUT2D eigenvalue weighted by Crippen LogP contribution is 2.44. The van der Waals surface area contributed by atoms with Crippen molar-refractivity contribution in [3.63, 3.8) is 0 Å². The van der Waals surface area contributed by atoms with Crippen LogP contribution in [0, 0.1) is 5.82 Å². The molecule has 1 atom stereocenters. The lowest BCUT2D eigenvalue weighted by Gasteiger charge is -2.20. The van der Waals surface area contributed by atoms with Crippen molar-refractivity contribution in [1.82, 2.24) is 9.97 Å². The van der Waals surface area contributed by atoms with E-state index in [1.54, 1.807) is 0 Å². The van der Waals surface area contributed by atoms with Gasteiger partial charge in [-0.05, 0) is 30.2 Å². The van der Waals surface area contributed by atoms with Gasteiger partial charge in [0.15, 0.2) is 11.6 Å². The van der Waals surface area contributed by atoms with Crippen molar-refractivity contribution in [1.29, 1.82) is 0 Å². The maximum absolute atomic E-state index is 14.3. The molecule has 6 heteroatoms. The maximum Gasteiger partial charge on any atom is 0.222 e. The van der Waals surface area contributed by atoms with Crippen LogP contribution in [0.4, 0.5) is 4.39 Å². The Balaban J connectivity index is 2.21. The van der Waals surface area contributed by atoms with Crippen LogP contribution >= 0.6 is 23.2 Å². The SMILES string of the molecule is CCC1(C)COc2c(F)cc(-c3nc(Cl)ncc3Cl)cc21. The Hall–Kier alpha value is -1.39. The first kappa shape index (κ1) is 14.5. The number of nitrogens with zero attached hydrogens (tertiary/aromatic N) is 2. The molecule has 1 aliphatic rings. The van der Waals surface area contributed by atoms with E-state index < -0.39 is 5.82 Å². The summed E-state index contributed by atoms with van der Waals surface area (Å²) < 4.78 is 19.8. The highest BCUT2D eigenvalue weighted by Gasteiger charge is 2.37. The quantitative estimate of drug-likeness (QED) is 0.753. The molecule has 0 N–H and O–H groups in total. The van der Waals surface area contributed by atoms with E-state index in [1.807, 2.05) is 6.07 Å². The first-order valence-electron chi connectivity index (χ1n) is 6.60. The Labute approximate surface area is 132 Å². The Morgan fingerprint density at radius 3 is 2.86 bits per heavy atom. The lowest BCUT2D eigenvalue weighted by Crippen LogP contribution is -2.22. The Morgan fingerprint density at radius 1 is 1.38 bits per heavy atom. The second-order valence-electron chi connectivity index (χ2n) is 5.37. The monoisotopic (exact) mass is 326 g/mol. The van der Waals surface area contributed by atoms with Crippen molar-refractivity contribution in [2.24, 2.45) is 0 Å². The van der Waals surface area contributed by atoms with Gasteiger partial charge >= 0.3 is 0 Å². The van der Waals surface area contributed by atoms with E-state index in [9.17, 15) is 4.39 Å². The first-order chi connectivity index (χ1) is 9.94. The number of hydrogen-bond acceptors (Lipinski definition) is 3. The molecular formula is C15H13Cl2FN2O. The number of rotatable bonds is 2. The van der Waals surface area contributed by atoms with Gasteiger partial charge in [-0.2, -0.15) is 0 Å². The standard InChI is InChI=1S/C15H13Cl2FN2O/c1-3-15(2)7-21-13-9(15)4-8(5-11(13)18)12-10(16)6-19-14(17)20-12/h4-6H,3,7H2,1-2H3. The number of fused-ring (bicyclic) bond motifs is 1. The second kappa shape index (κ2) is 5.11. The number of halogens is 3. The van der Waals surface area contributed by atoms with Crippen LogP contribution in [0.5, 0.6) is 5.75 Å². The Bertz CT molecular complexity index is 723. The first-order valence-corrected chi connectivity index (χ1v) is 7.35. The van der Waals surface area contributed by atoms with E-state index in [-0.39, 0.29) is 10.7 Å². The summed E-state index contributed by atoms with van der Waals surface area (Å²) in [6.45, 7) is 4.58. The molecule has 1 unspecified atom stereocenters. The second-order valence-corrected chi connectivity index (χ2v) is 6.12. The molecular weight excluding hydrogens is 314 g/mol. The van der Waals surface area contributed by atoms with Crippen LogP contribution in [0.1, 0.15) is 25.8 Å². The highest BCUT2D eigenvalue weighted by atomic mass is 35.5. The summed E-state index contributed by atoms with van der Waals surface area (Å²) in [7, 11) is 0. The van der Waals surface area contributed by atoms with Crippen molar-refractivity contribution in [2.45, 2.75) is 25.7 Å². The third-order valence-corrected chi connectivity index (χ3v) is 4.46. The minimum atomic E-state index is -0.412. The topological polar surface area (TPSA) is 35.0 Å². The Morgan fingerprint density at radius 2 is 2.14 bits per heavy atom. The highest BCUT2D eigenvalue weighted by molar-refractivity contribution is 6.33. The maximum atomic E-state index is 14.3. The number of ether oxygens (including phenoxy) is 1. The molecule has 3 rings (SSSR count). The van der Waals surface area contributed by atoms with E-state index >= 15 is 0 Å². The van der Waals surface area contributed by atoms with Gasteiger partial charge in [0, 0.05) is 16.5 Å². The van der Waals surface area contributed by atoms with Crippen LogP contribution in [-0.4, -0.2) is 16.6 Å². The van der Waals surface area contributed by atoms with Crippen molar-refractivity contribution in [2.75, 3.05) is 6.61 Å². The number of benzene rings is 1. The summed E-state index contributed by atoms with van der Waals surface area (Å²) in [5.74, 6) is -0.0927. The predicted octanol–water partition coefficient (Wildman–Crippen LogP) is 4.65. The molecule has 1 aliphatic heterocycles. The van der Waals surface area contributed by atoms with Gasteiger partial charge in [0.2, 0.25) is 5.28 Å². The van der Waals surface area contributed by atoms with Gasteiger partial charge in [-0.3, -0.25) is 0 Å². The van der Waals surface area contributed by atoms with Gasteiger partial charge in [0.25, 0.3) is 0 Å². The molecule has 0 aliphatic carbocycles. The van der Waals surface area contributed by atoms with Crippen molar-refractivity contribution in [3.8, 4) is 17.0 Å². The van der Waals surface area contributed by atoms with E-state index in [0.717, 1.165) is 12.0 Å². The molecule has 2 heterocycles. The van der Waals surface area contributed by atoms with Crippen LogP contribution < -0.4 is 4.74 Å². The van der Waals surface area contributed by atoms with Gasteiger partial charge in [0.1, 0.15) is 0 Å². The zero-order valence-corrected chi connectivity index (χ0v) is 13.1. The van der Waals surface area contributed by atoms with E-state index in [4.69, 9.17) is 27.9 Å². The molecule has 0 saturated heterocycles. The average molecular weight is 327 g/mol. The molecule has 0 spiro atoms. The lowest BCUT2D eigenvalue weighted by molar-refractivity contribution is 0.266. The lowest BCUT2D eigenvalue weighted by atomic mass is 9.81. The summed E-state index contributed by atoms with van der Waals surface area (Å²) in [6, 6.07) is 3.24. The van der Waals surface area contributed by atoms with Gasteiger partial charge in [-0.25, -0.2) is 14.4 Å². The summed E-state index contributed by atoms with van der Waals surface area (Å²) in [5.41, 5.74) is 1.62. The minimum Gasteiger partial charge on any atom is -0.489 e. The van der Waals surface area contributed by atoms with Crippen molar-refractivity contribution < 1.29 is 9.13 Å². The fraction of sp³-hybridized carbons (Fsp3) is 0.333. The summed E-state index contributed by atoms with van der Waals surface area (Å²) in [6.07, 6.45) is 2.26. The summed E-state index contributed by atoms with van der Waals surface area (Å²) in [5, 5.41) is 0.403. The van der Waals surface area contributed by atoms with E-state index in [2.05, 4.69) is 23.8 Å². The van der Waals surface area contributed by atoms with E-state index in [1.165, 1.54) is 12.3 Å². The summed E-state index contributed by atoms with van der Waals surface area (Å²) >= 11 is 11.9. The molecule has 2 aromatic rings. The molecule has 0 amide bonds. The van der Waals surface area contributed by atoms with Crippen molar-refractivity contribution in [3.05, 3.63) is 40.0 Å². The minimum absolute atomic E-state index is 0.0739. The van der Waals surface area contributed by atoms with Gasteiger partial charge in [-0.15, -0.1) is 0 Å². The van der Waals surface area contributed by atoms with Crippen LogP contribution in [0.2, 0.25) is 10.3 Å². The van der Waals surface area contributed by atoms with Gasteiger partial charge in [0.05, 0.1) is 23.5 Å². The molecule has 110 valence electrons. The zero-order valence-electron chi connectivity index (χ0n) is 11.6. The molecule has 0 radical (unpaired) electrons. The number of hydrogen-bond donors (Lipinski definition) is 0. The molecule has 21 heavy (non-hydrogen) atoms. The molecule has 0 saturated carbocycles. The van der Waals surface area contributed by atoms with Crippen molar-refractivity contribution >= 4 is 23.2 Å². The number of aromatic nitrogens is 2. The van der Waals surface area contributed by atoms with Crippen LogP contribution in [0.3, 0.4) is 0 Å². The molecule has 0 bridgehead atoms. The fourth-order valence-corrected chi connectivity index (χ4v) is 2.81. The van der Waals surface area contributed by atoms with Crippen LogP contribution in [0.25, 0.3) is 11.3 Å². The molecule has 1 aromatic carbocycles. The average Bonchev–Trinajstić information content (AvgIpc) is 2.80. The van der Waals surface area contributed by atoms with Gasteiger partial charge in [-0.1, -0.05) is 25.4 Å². The van der Waals surface area contributed by atoms with Gasteiger partial charge < -0.3 is 4.74 Å². The molecule has 1 aromatic heterocycles. The molecule has 0 fully saturated rings. The van der Waals surface area contributed by atoms with E-state index in [0.29, 0.717) is 28.6 Å². The Kier molecular flexibility index (Phi) is 3.54. The van der Waals surface area contributed by atoms with Crippen LogP contribution in [-0.2, 0) is 5.41 Å². The summed E-state index contributed by atoms with van der Waals surface area (Å²) in [4.78, 5) is 7.91. The smallest absolute Gasteiger partial charge is 0.222 e.